The molecule has 18 heavy (non-hydrogen) atoms. The fourth-order valence-electron chi connectivity index (χ4n) is 1.70. The van der Waals surface area contributed by atoms with E-state index in [0.29, 0.717) is 37.0 Å². The summed E-state index contributed by atoms with van der Waals surface area (Å²) in [5.74, 6) is 1.17. The quantitative estimate of drug-likeness (QED) is 0.727. The zero-order valence-electron chi connectivity index (χ0n) is 9.66. The average Bonchev–Trinajstić information content (AvgIpc) is 2.79. The van der Waals surface area contributed by atoms with Crippen molar-refractivity contribution in [2.75, 3.05) is 30.5 Å². The van der Waals surface area contributed by atoms with Crippen molar-refractivity contribution >= 4 is 32.4 Å². The minimum Gasteiger partial charge on any atom is -0.270 e. The zero-order chi connectivity index (χ0) is 13.2. The summed E-state index contributed by atoms with van der Waals surface area (Å²) in [6.45, 7) is 1.08. The summed E-state index contributed by atoms with van der Waals surface area (Å²) in [5.41, 5.74) is 0. The highest BCUT2D eigenvalue weighted by molar-refractivity contribution is 7.89. The monoisotopic (exact) mass is 311 g/mol. The molecule has 2 heterocycles. The molecule has 0 bridgehead atoms. The van der Waals surface area contributed by atoms with Crippen molar-refractivity contribution in [2.45, 2.75) is 11.4 Å². The molecule has 0 aromatic carbocycles. The molecule has 0 N–H and O–H groups in total. The van der Waals surface area contributed by atoms with Crippen molar-refractivity contribution in [3.8, 4) is 0 Å². The van der Waals surface area contributed by atoms with Gasteiger partial charge in [-0.05, 0) is 0 Å². The number of aromatic nitrogens is 2. The van der Waals surface area contributed by atoms with Crippen LogP contribution in [0.4, 0.5) is 0 Å². The first-order valence-corrected chi connectivity index (χ1v) is 8.94. The summed E-state index contributed by atoms with van der Waals surface area (Å²) in [6, 6.07) is 0. The lowest BCUT2D eigenvalue weighted by atomic mass is 10.6. The standard InChI is InChI=1S/C9H14ClN3O3S2/c10-1-2-12-8-9(7-11-12)18(15,16)13-3-5-17(14)6-4-13/h7-8H,1-6H2. The molecule has 6 nitrogen and oxygen atoms in total. The van der Waals surface area contributed by atoms with Crippen LogP contribution < -0.4 is 0 Å². The maximum Gasteiger partial charge on any atom is 0.246 e. The molecule has 1 saturated heterocycles. The van der Waals surface area contributed by atoms with Crippen LogP contribution in [0.1, 0.15) is 0 Å². The highest BCUT2D eigenvalue weighted by atomic mass is 35.5. The molecule has 1 aliphatic rings. The van der Waals surface area contributed by atoms with E-state index in [4.69, 9.17) is 11.6 Å². The molecule has 0 amide bonds. The van der Waals surface area contributed by atoms with Gasteiger partial charge in [-0.2, -0.15) is 9.40 Å². The molecule has 0 aliphatic carbocycles. The van der Waals surface area contributed by atoms with E-state index in [1.165, 1.54) is 21.4 Å². The molecule has 1 aliphatic heterocycles. The van der Waals surface area contributed by atoms with Crippen LogP contribution in [-0.4, -0.2) is 57.2 Å². The fourth-order valence-corrected chi connectivity index (χ4v) is 4.55. The summed E-state index contributed by atoms with van der Waals surface area (Å²) in [5, 5.41) is 3.95. The Bertz CT molecular complexity index is 533. The van der Waals surface area contributed by atoms with E-state index in [-0.39, 0.29) is 4.90 Å². The van der Waals surface area contributed by atoms with Crippen LogP contribution in [0.15, 0.2) is 17.3 Å². The smallest absolute Gasteiger partial charge is 0.246 e. The van der Waals surface area contributed by atoms with E-state index in [1.54, 1.807) is 0 Å². The predicted octanol–water partition coefficient (Wildman–Crippen LogP) is -0.125. The van der Waals surface area contributed by atoms with Gasteiger partial charge in [-0.15, -0.1) is 11.6 Å². The summed E-state index contributed by atoms with van der Waals surface area (Å²) in [4.78, 5) is 0.167. The molecule has 9 heteroatoms. The van der Waals surface area contributed by atoms with Crippen molar-refractivity contribution in [2.24, 2.45) is 0 Å². The third-order valence-corrected chi connectivity index (χ3v) is 5.99. The number of halogens is 1. The molecule has 1 fully saturated rings. The van der Waals surface area contributed by atoms with Crippen LogP contribution in [0.5, 0.6) is 0 Å². The van der Waals surface area contributed by atoms with Crippen LogP contribution in [0.2, 0.25) is 0 Å². The highest BCUT2D eigenvalue weighted by Gasteiger charge is 2.29. The SMILES string of the molecule is O=S1CCN(S(=O)(=O)c2cnn(CCCl)c2)CC1. The first-order valence-electron chi connectivity index (χ1n) is 5.47. The van der Waals surface area contributed by atoms with Gasteiger partial charge < -0.3 is 0 Å². The second kappa shape index (κ2) is 5.68. The Hall–Kier alpha value is -0.440. The van der Waals surface area contributed by atoms with Crippen molar-refractivity contribution < 1.29 is 12.6 Å². The second-order valence-corrected chi connectivity index (χ2v) is 7.89. The molecule has 102 valence electrons. The van der Waals surface area contributed by atoms with E-state index >= 15 is 0 Å². The molecule has 1 aromatic rings. The normalized spacial score (nSPS) is 19.2. The Labute approximate surface area is 113 Å². The van der Waals surface area contributed by atoms with Gasteiger partial charge in [0.25, 0.3) is 0 Å². The number of hydrogen-bond acceptors (Lipinski definition) is 4. The summed E-state index contributed by atoms with van der Waals surface area (Å²) in [7, 11) is -4.40. The molecule has 0 radical (unpaired) electrons. The van der Waals surface area contributed by atoms with Gasteiger partial charge in [0.2, 0.25) is 10.0 Å². The minimum absolute atomic E-state index is 0.167. The highest BCUT2D eigenvalue weighted by Crippen LogP contribution is 2.16. The van der Waals surface area contributed by atoms with Crippen LogP contribution in [0.25, 0.3) is 0 Å². The lowest BCUT2D eigenvalue weighted by molar-refractivity contribution is 0.438. The van der Waals surface area contributed by atoms with Crippen LogP contribution in [0, 0.1) is 0 Å². The van der Waals surface area contributed by atoms with Crippen LogP contribution in [-0.2, 0) is 27.4 Å². The predicted molar refractivity (Wildman–Crippen MR) is 69.6 cm³/mol. The third kappa shape index (κ3) is 2.93. The first-order chi connectivity index (χ1) is 8.54. The van der Waals surface area contributed by atoms with E-state index in [0.717, 1.165) is 0 Å². The molecule has 2 rings (SSSR count). The Morgan fingerprint density at radius 1 is 1.39 bits per heavy atom. The molecule has 0 atom stereocenters. The lowest BCUT2D eigenvalue weighted by Gasteiger charge is -2.24. The number of sulfonamides is 1. The van der Waals surface area contributed by atoms with Crippen molar-refractivity contribution in [3.05, 3.63) is 12.4 Å². The van der Waals surface area contributed by atoms with Crippen molar-refractivity contribution in [1.29, 1.82) is 0 Å². The first kappa shape index (κ1) is 14.0. The van der Waals surface area contributed by atoms with E-state index in [9.17, 15) is 12.6 Å². The Kier molecular flexibility index (Phi) is 4.41. The van der Waals surface area contributed by atoms with Gasteiger partial charge in [0.1, 0.15) is 4.90 Å². The van der Waals surface area contributed by atoms with E-state index in [1.807, 2.05) is 0 Å². The van der Waals surface area contributed by atoms with Crippen molar-refractivity contribution in [1.82, 2.24) is 14.1 Å². The van der Waals surface area contributed by atoms with E-state index < -0.39 is 20.8 Å². The van der Waals surface area contributed by atoms with Crippen molar-refractivity contribution in [3.63, 3.8) is 0 Å². The summed E-state index contributed by atoms with van der Waals surface area (Å²) in [6.07, 6.45) is 2.80. The molecular formula is C9H14ClN3O3S2. The molecule has 0 spiro atoms. The zero-order valence-corrected chi connectivity index (χ0v) is 12.0. The number of aryl methyl sites for hydroxylation is 1. The maximum absolute atomic E-state index is 12.3. The van der Waals surface area contributed by atoms with Crippen LogP contribution in [0.3, 0.4) is 0 Å². The van der Waals surface area contributed by atoms with Gasteiger partial charge in [0.15, 0.2) is 0 Å². The minimum atomic E-state index is -3.51. The second-order valence-electron chi connectivity index (χ2n) is 3.88. The Balaban J connectivity index is 2.16. The van der Waals surface area contributed by atoms with Gasteiger partial charge in [-0.25, -0.2) is 8.42 Å². The average molecular weight is 312 g/mol. The molecule has 1 aromatic heterocycles. The third-order valence-electron chi connectivity index (χ3n) is 2.70. The Morgan fingerprint density at radius 2 is 2.06 bits per heavy atom. The maximum atomic E-state index is 12.3. The number of alkyl halides is 1. The Morgan fingerprint density at radius 3 is 2.67 bits per heavy atom. The molecular weight excluding hydrogens is 298 g/mol. The number of nitrogens with zero attached hydrogens (tertiary/aromatic N) is 3. The lowest BCUT2D eigenvalue weighted by Crippen LogP contribution is -2.41. The summed E-state index contributed by atoms with van der Waals surface area (Å²) >= 11 is 5.57. The van der Waals surface area contributed by atoms with Gasteiger partial charge in [0, 0.05) is 47.5 Å². The largest absolute Gasteiger partial charge is 0.270 e. The molecule has 0 unspecified atom stereocenters. The number of rotatable bonds is 4. The van der Waals surface area contributed by atoms with Crippen LogP contribution >= 0.6 is 11.6 Å². The number of hydrogen-bond donors (Lipinski definition) is 0. The summed E-state index contributed by atoms with van der Waals surface area (Å²) < 4.78 is 38.6. The van der Waals surface area contributed by atoms with Gasteiger partial charge in [-0.1, -0.05) is 0 Å². The fraction of sp³-hybridized carbons (Fsp3) is 0.667. The van der Waals surface area contributed by atoms with Gasteiger partial charge >= 0.3 is 0 Å². The van der Waals surface area contributed by atoms with Gasteiger partial charge in [0.05, 0.1) is 12.7 Å². The van der Waals surface area contributed by atoms with Gasteiger partial charge in [-0.3, -0.25) is 8.89 Å². The topological polar surface area (TPSA) is 72.3 Å². The molecule has 0 saturated carbocycles. The van der Waals surface area contributed by atoms with E-state index in [2.05, 4.69) is 5.10 Å².